The van der Waals surface area contributed by atoms with Crippen LogP contribution in [0, 0.1) is 19.8 Å². The molecular weight excluding hydrogens is 330 g/mol. The van der Waals surface area contributed by atoms with Crippen LogP contribution >= 0.6 is 0 Å². The third-order valence-electron chi connectivity index (χ3n) is 5.04. The van der Waals surface area contributed by atoms with E-state index >= 15 is 0 Å². The first-order chi connectivity index (χ1) is 12.6. The van der Waals surface area contributed by atoms with Gasteiger partial charge >= 0.3 is 0 Å². The van der Waals surface area contributed by atoms with E-state index in [1.807, 2.05) is 32.0 Å². The van der Waals surface area contributed by atoms with Crippen molar-refractivity contribution in [2.24, 2.45) is 5.92 Å². The highest BCUT2D eigenvalue weighted by atomic mass is 16.5. The summed E-state index contributed by atoms with van der Waals surface area (Å²) in [7, 11) is 0. The van der Waals surface area contributed by atoms with E-state index in [1.165, 1.54) is 0 Å². The molecule has 0 bridgehead atoms. The number of amides is 1. The Labute approximate surface area is 153 Å². The molecule has 6 heteroatoms. The van der Waals surface area contributed by atoms with Gasteiger partial charge in [0.15, 0.2) is 0 Å². The average Bonchev–Trinajstić information content (AvgIpc) is 3.43. The molecule has 1 aromatic carbocycles. The molecule has 0 unspecified atom stereocenters. The highest BCUT2D eigenvalue weighted by Gasteiger charge is 2.30. The Hall–Kier alpha value is -2.34. The Morgan fingerprint density at radius 2 is 2.15 bits per heavy atom. The van der Waals surface area contributed by atoms with Gasteiger partial charge in [0.1, 0.15) is 17.6 Å². The highest BCUT2D eigenvalue weighted by Crippen LogP contribution is 2.38. The Morgan fingerprint density at radius 3 is 2.81 bits per heavy atom. The lowest BCUT2D eigenvalue weighted by molar-refractivity contribution is -0.117. The van der Waals surface area contributed by atoms with Gasteiger partial charge in [-0.3, -0.25) is 4.79 Å². The molecule has 138 valence electrons. The number of rotatable bonds is 5. The summed E-state index contributed by atoms with van der Waals surface area (Å²) >= 11 is 0. The van der Waals surface area contributed by atoms with Gasteiger partial charge in [-0.25, -0.2) is 0 Å². The van der Waals surface area contributed by atoms with Gasteiger partial charge in [-0.15, -0.1) is 0 Å². The standard InChI is InChI=1S/C20H25N3O3/c1-12-19(13(2)26-23-12)17-10-15(22-20(24)14-5-6-14)7-8-18(17)25-16-4-3-9-21-11-16/h7-8,10,14,16,21H,3-6,9,11H2,1-2H3,(H,22,24)/t16-/m0/s1. The van der Waals surface area contributed by atoms with Crippen LogP contribution < -0.4 is 15.4 Å². The van der Waals surface area contributed by atoms with Crippen molar-refractivity contribution in [3.05, 3.63) is 29.7 Å². The van der Waals surface area contributed by atoms with Crippen molar-refractivity contribution < 1.29 is 14.1 Å². The maximum Gasteiger partial charge on any atom is 0.227 e. The van der Waals surface area contributed by atoms with Crippen LogP contribution in [-0.4, -0.2) is 30.3 Å². The van der Waals surface area contributed by atoms with E-state index in [-0.39, 0.29) is 17.9 Å². The first-order valence-corrected chi connectivity index (χ1v) is 9.37. The Morgan fingerprint density at radius 1 is 1.31 bits per heavy atom. The summed E-state index contributed by atoms with van der Waals surface area (Å²) in [5, 5.41) is 10.5. The topological polar surface area (TPSA) is 76.4 Å². The monoisotopic (exact) mass is 355 g/mol. The van der Waals surface area contributed by atoms with Gasteiger partial charge in [0, 0.05) is 23.7 Å². The molecule has 1 aromatic heterocycles. The van der Waals surface area contributed by atoms with Crippen molar-refractivity contribution >= 4 is 11.6 Å². The van der Waals surface area contributed by atoms with Crippen LogP contribution in [-0.2, 0) is 4.79 Å². The Balaban J connectivity index is 1.66. The maximum atomic E-state index is 12.1. The van der Waals surface area contributed by atoms with Crippen LogP contribution in [0.4, 0.5) is 5.69 Å². The number of anilines is 1. The lowest BCUT2D eigenvalue weighted by atomic mass is 10.0. The number of nitrogens with zero attached hydrogens (tertiary/aromatic N) is 1. The smallest absolute Gasteiger partial charge is 0.227 e. The van der Waals surface area contributed by atoms with Crippen molar-refractivity contribution in [3.8, 4) is 16.9 Å². The molecule has 6 nitrogen and oxygen atoms in total. The second kappa shape index (κ2) is 7.11. The maximum absolute atomic E-state index is 12.1. The molecule has 2 heterocycles. The third-order valence-corrected chi connectivity index (χ3v) is 5.04. The Kier molecular flexibility index (Phi) is 4.68. The highest BCUT2D eigenvalue weighted by molar-refractivity contribution is 5.95. The normalized spacial score (nSPS) is 20.0. The predicted molar refractivity (Wildman–Crippen MR) is 99.3 cm³/mol. The molecule has 26 heavy (non-hydrogen) atoms. The number of ether oxygens (including phenoxy) is 1. The van der Waals surface area contributed by atoms with Gasteiger partial charge in [-0.2, -0.15) is 0 Å². The fourth-order valence-corrected chi connectivity index (χ4v) is 3.46. The summed E-state index contributed by atoms with van der Waals surface area (Å²) in [4.78, 5) is 12.1. The second-order valence-electron chi connectivity index (χ2n) is 7.26. The van der Waals surface area contributed by atoms with E-state index in [9.17, 15) is 4.79 Å². The van der Waals surface area contributed by atoms with E-state index in [2.05, 4.69) is 15.8 Å². The molecule has 0 radical (unpaired) electrons. The molecule has 2 N–H and O–H groups in total. The molecule has 1 atom stereocenters. The molecule has 2 aliphatic rings. The van der Waals surface area contributed by atoms with E-state index in [0.29, 0.717) is 0 Å². The molecule has 0 spiro atoms. The van der Waals surface area contributed by atoms with Gasteiger partial charge in [0.2, 0.25) is 5.91 Å². The second-order valence-corrected chi connectivity index (χ2v) is 7.26. The summed E-state index contributed by atoms with van der Waals surface area (Å²) in [5.74, 6) is 1.82. The summed E-state index contributed by atoms with van der Waals surface area (Å²) < 4.78 is 11.7. The molecule has 1 aliphatic heterocycles. The fraction of sp³-hybridized carbons (Fsp3) is 0.500. The van der Waals surface area contributed by atoms with E-state index in [4.69, 9.17) is 9.26 Å². The van der Waals surface area contributed by atoms with Crippen molar-refractivity contribution in [2.75, 3.05) is 18.4 Å². The van der Waals surface area contributed by atoms with E-state index in [0.717, 1.165) is 72.8 Å². The lowest BCUT2D eigenvalue weighted by Crippen LogP contribution is -2.37. The van der Waals surface area contributed by atoms with Crippen molar-refractivity contribution in [1.29, 1.82) is 0 Å². The van der Waals surface area contributed by atoms with Crippen molar-refractivity contribution in [3.63, 3.8) is 0 Å². The van der Waals surface area contributed by atoms with Crippen LogP contribution in [0.1, 0.15) is 37.1 Å². The lowest BCUT2D eigenvalue weighted by Gasteiger charge is -2.25. The summed E-state index contributed by atoms with van der Waals surface area (Å²) in [6.07, 6.45) is 4.27. The number of aromatic nitrogens is 1. The molecule has 2 fully saturated rings. The van der Waals surface area contributed by atoms with E-state index < -0.39 is 0 Å². The zero-order valence-corrected chi connectivity index (χ0v) is 15.3. The molecule has 1 saturated carbocycles. The van der Waals surface area contributed by atoms with Gasteiger partial charge in [0.05, 0.1) is 11.3 Å². The van der Waals surface area contributed by atoms with Crippen LogP contribution in [0.3, 0.4) is 0 Å². The SMILES string of the molecule is Cc1noc(C)c1-c1cc(NC(=O)C2CC2)ccc1O[C@H]1CCCNC1. The minimum atomic E-state index is 0.0971. The van der Waals surface area contributed by atoms with Gasteiger partial charge in [-0.05, 0) is 64.3 Å². The number of piperidine rings is 1. The first kappa shape index (κ1) is 17.1. The minimum Gasteiger partial charge on any atom is -0.488 e. The number of benzene rings is 1. The number of aryl methyl sites for hydroxylation is 2. The zero-order chi connectivity index (χ0) is 18.1. The summed E-state index contributed by atoms with van der Waals surface area (Å²) in [6, 6.07) is 5.82. The molecule has 1 saturated heterocycles. The average molecular weight is 355 g/mol. The van der Waals surface area contributed by atoms with Gasteiger partial charge in [0.25, 0.3) is 0 Å². The number of nitrogens with one attached hydrogen (secondary N) is 2. The third kappa shape index (κ3) is 3.60. The van der Waals surface area contributed by atoms with Gasteiger partial charge in [-0.1, -0.05) is 5.16 Å². The van der Waals surface area contributed by atoms with Crippen LogP contribution in [0.2, 0.25) is 0 Å². The fourth-order valence-electron chi connectivity index (χ4n) is 3.46. The molecule has 2 aromatic rings. The quantitative estimate of drug-likeness (QED) is 0.859. The molecular formula is C20H25N3O3. The number of carbonyl (C=O) groups is 1. The number of hydrogen-bond donors (Lipinski definition) is 2. The van der Waals surface area contributed by atoms with Crippen molar-refractivity contribution in [2.45, 2.75) is 45.6 Å². The molecule has 1 aliphatic carbocycles. The first-order valence-electron chi connectivity index (χ1n) is 9.37. The zero-order valence-electron chi connectivity index (χ0n) is 15.3. The van der Waals surface area contributed by atoms with E-state index in [1.54, 1.807) is 0 Å². The Bertz CT molecular complexity index is 785. The van der Waals surface area contributed by atoms with Crippen LogP contribution in [0.15, 0.2) is 22.7 Å². The largest absolute Gasteiger partial charge is 0.488 e. The van der Waals surface area contributed by atoms with Crippen LogP contribution in [0.5, 0.6) is 5.75 Å². The minimum absolute atomic E-state index is 0.0971. The van der Waals surface area contributed by atoms with Crippen LogP contribution in [0.25, 0.3) is 11.1 Å². The predicted octanol–water partition coefficient (Wildman–Crippen LogP) is 3.44. The number of hydrogen-bond acceptors (Lipinski definition) is 5. The summed E-state index contributed by atoms with van der Waals surface area (Å²) in [5.41, 5.74) is 3.46. The molecule has 1 amide bonds. The van der Waals surface area contributed by atoms with Crippen molar-refractivity contribution in [1.82, 2.24) is 10.5 Å². The summed E-state index contributed by atoms with van der Waals surface area (Å²) in [6.45, 7) is 5.72. The molecule has 4 rings (SSSR count). The van der Waals surface area contributed by atoms with Gasteiger partial charge < -0.3 is 19.9 Å². The number of carbonyl (C=O) groups excluding carboxylic acids is 1.